The Kier molecular flexibility index (Phi) is 2.64. The molecule has 0 heterocycles. The molecule has 0 aromatic heterocycles. The number of hydrogen-bond donors (Lipinski definition) is 0. The van der Waals surface area contributed by atoms with Gasteiger partial charge in [0.2, 0.25) is 0 Å². The fraction of sp³-hybridized carbons (Fsp3) is 0.222. The Morgan fingerprint density at radius 2 is 0.955 bits per heavy atom. The molecule has 0 fully saturated rings. The van der Waals surface area contributed by atoms with Crippen molar-refractivity contribution in [2.24, 2.45) is 0 Å². The maximum atomic E-state index is 9.77. The minimum Gasteiger partial charge on any atom is -0.196 e. The van der Waals surface area contributed by atoms with Gasteiger partial charge in [-0.2, -0.15) is 10.5 Å². The number of hydrogen-bond acceptors (Lipinski definition) is 2. The highest BCUT2D eigenvalue weighted by Gasteiger charge is 2.68. The van der Waals surface area contributed by atoms with E-state index in [2.05, 4.69) is 12.1 Å². The molecule has 0 unspecified atom stereocenters. The second-order valence-electron chi connectivity index (χ2n) is 5.77. The first-order valence-corrected chi connectivity index (χ1v) is 7.72. The van der Waals surface area contributed by atoms with Crippen LogP contribution in [0.1, 0.15) is 34.1 Å². The first-order valence-electron chi connectivity index (χ1n) is 6.96. The Balaban J connectivity index is 2.18. The van der Waals surface area contributed by atoms with E-state index in [1.165, 1.54) is 0 Å². The lowest BCUT2D eigenvalue weighted by Crippen LogP contribution is -2.59. The summed E-state index contributed by atoms with van der Waals surface area (Å²) in [4.78, 5) is -2.98. The van der Waals surface area contributed by atoms with Crippen molar-refractivity contribution >= 4 is 23.2 Å². The zero-order valence-corrected chi connectivity index (χ0v) is 12.9. The van der Waals surface area contributed by atoms with E-state index in [9.17, 15) is 10.5 Å². The van der Waals surface area contributed by atoms with Crippen molar-refractivity contribution in [3.63, 3.8) is 0 Å². The summed E-state index contributed by atoms with van der Waals surface area (Å²) < 4.78 is 0. The molecule has 2 nitrogen and oxygen atoms in total. The monoisotopic (exact) mass is 324 g/mol. The lowest BCUT2D eigenvalue weighted by Gasteiger charge is -2.53. The standard InChI is InChI=1S/C18H10Cl2N2/c19-17(9-21)15-11-5-1-2-6-12(11)16(18(17,20)10-22)14-8-4-3-7-13(14)15/h1-8,15-16H/t15?,16?,17-,18-/m0/s1. The maximum Gasteiger partial charge on any atom is 0.174 e. The number of halogens is 2. The zero-order valence-electron chi connectivity index (χ0n) is 11.4. The topological polar surface area (TPSA) is 47.6 Å². The average molecular weight is 325 g/mol. The van der Waals surface area contributed by atoms with Gasteiger partial charge >= 0.3 is 0 Å². The van der Waals surface area contributed by atoms with Crippen LogP contribution < -0.4 is 0 Å². The van der Waals surface area contributed by atoms with Gasteiger partial charge in [0.1, 0.15) is 0 Å². The Labute approximate surface area is 138 Å². The highest BCUT2D eigenvalue weighted by atomic mass is 35.5. The van der Waals surface area contributed by atoms with Crippen molar-refractivity contribution in [1.82, 2.24) is 0 Å². The smallest absolute Gasteiger partial charge is 0.174 e. The molecule has 106 valence electrons. The van der Waals surface area contributed by atoms with Crippen molar-refractivity contribution in [1.29, 1.82) is 10.5 Å². The predicted molar refractivity (Wildman–Crippen MR) is 85.0 cm³/mol. The first-order chi connectivity index (χ1) is 10.6. The number of rotatable bonds is 0. The Bertz CT molecular complexity index is 760. The molecule has 2 bridgehead atoms. The number of nitriles is 2. The lowest BCUT2D eigenvalue weighted by atomic mass is 9.54. The minimum atomic E-state index is -1.49. The van der Waals surface area contributed by atoms with Gasteiger partial charge in [-0.1, -0.05) is 71.7 Å². The molecule has 0 aliphatic heterocycles. The van der Waals surface area contributed by atoms with Gasteiger partial charge in [0.25, 0.3) is 0 Å². The van der Waals surface area contributed by atoms with E-state index >= 15 is 0 Å². The summed E-state index contributed by atoms with van der Waals surface area (Å²) in [5, 5.41) is 19.5. The molecule has 22 heavy (non-hydrogen) atoms. The van der Waals surface area contributed by atoms with E-state index in [-0.39, 0.29) is 0 Å². The van der Waals surface area contributed by atoms with Gasteiger partial charge in [-0.05, 0) is 22.3 Å². The molecule has 4 heteroatoms. The molecule has 2 aromatic rings. The average Bonchev–Trinajstić information content (AvgIpc) is 2.57. The van der Waals surface area contributed by atoms with Crippen LogP contribution in [0, 0.1) is 22.7 Å². The molecule has 0 saturated heterocycles. The van der Waals surface area contributed by atoms with Gasteiger partial charge in [0.05, 0.1) is 12.1 Å². The van der Waals surface area contributed by atoms with Crippen LogP contribution in [0.4, 0.5) is 0 Å². The van der Waals surface area contributed by atoms with Crippen molar-refractivity contribution < 1.29 is 0 Å². The molecule has 0 N–H and O–H groups in total. The highest BCUT2D eigenvalue weighted by Crippen LogP contribution is 2.65. The normalized spacial score (nSPS) is 34.2. The van der Waals surface area contributed by atoms with Gasteiger partial charge in [-0.15, -0.1) is 0 Å². The Hall–Kier alpha value is -2.00. The quantitative estimate of drug-likeness (QED) is 0.679. The van der Waals surface area contributed by atoms with Crippen LogP contribution >= 0.6 is 23.2 Å². The van der Waals surface area contributed by atoms with Crippen LogP contribution in [0.5, 0.6) is 0 Å². The number of alkyl halides is 2. The summed E-state index contributed by atoms with van der Waals surface area (Å²) in [5.41, 5.74) is 3.98. The van der Waals surface area contributed by atoms with Crippen LogP contribution in [0.15, 0.2) is 48.5 Å². The molecule has 0 radical (unpaired) electrons. The molecular weight excluding hydrogens is 315 g/mol. The van der Waals surface area contributed by atoms with E-state index in [4.69, 9.17) is 23.2 Å². The molecule has 2 aromatic carbocycles. The summed E-state index contributed by atoms with van der Waals surface area (Å²) in [6.07, 6.45) is 0. The zero-order chi connectivity index (χ0) is 15.5. The van der Waals surface area contributed by atoms with E-state index in [0.717, 1.165) is 22.3 Å². The largest absolute Gasteiger partial charge is 0.196 e. The molecule has 3 aliphatic carbocycles. The third-order valence-corrected chi connectivity index (χ3v) is 6.18. The number of fused-ring (bicyclic) bond motifs is 1. The van der Waals surface area contributed by atoms with Gasteiger partial charge in [-0.3, -0.25) is 0 Å². The lowest BCUT2D eigenvalue weighted by molar-refractivity contribution is 0.404. The molecule has 0 amide bonds. The number of nitrogens with zero attached hydrogens (tertiary/aromatic N) is 2. The Morgan fingerprint density at radius 3 is 1.18 bits per heavy atom. The van der Waals surface area contributed by atoms with Crippen LogP contribution in [0.3, 0.4) is 0 Å². The van der Waals surface area contributed by atoms with E-state index in [0.29, 0.717) is 0 Å². The third kappa shape index (κ3) is 1.31. The van der Waals surface area contributed by atoms with E-state index in [1.807, 2.05) is 48.5 Å². The summed E-state index contributed by atoms with van der Waals surface area (Å²) in [5.74, 6) is -0.817. The van der Waals surface area contributed by atoms with Crippen LogP contribution in [0.25, 0.3) is 0 Å². The first kappa shape index (κ1) is 13.6. The SMILES string of the molecule is N#C[C@]1(Cl)C2c3ccccc3C(c3ccccc32)[C@@]1(Cl)C#N. The van der Waals surface area contributed by atoms with Gasteiger partial charge in [0, 0.05) is 11.8 Å². The fourth-order valence-electron chi connectivity index (χ4n) is 3.98. The number of benzene rings is 2. The molecule has 5 rings (SSSR count). The highest BCUT2D eigenvalue weighted by molar-refractivity contribution is 6.39. The summed E-state index contributed by atoms with van der Waals surface area (Å²) in [6.45, 7) is 0. The minimum absolute atomic E-state index is 0.409. The molecule has 3 aliphatic rings. The predicted octanol–water partition coefficient (Wildman–Crippen LogP) is 4.28. The van der Waals surface area contributed by atoms with Crippen LogP contribution in [-0.2, 0) is 0 Å². The van der Waals surface area contributed by atoms with Crippen LogP contribution in [-0.4, -0.2) is 9.75 Å². The van der Waals surface area contributed by atoms with Crippen molar-refractivity contribution in [2.75, 3.05) is 0 Å². The maximum absolute atomic E-state index is 9.77. The van der Waals surface area contributed by atoms with Crippen LogP contribution in [0.2, 0.25) is 0 Å². The van der Waals surface area contributed by atoms with Gasteiger partial charge in [0.15, 0.2) is 9.75 Å². The summed E-state index contributed by atoms with van der Waals surface area (Å²) in [6, 6.07) is 19.9. The second kappa shape index (κ2) is 4.26. The van der Waals surface area contributed by atoms with Gasteiger partial charge < -0.3 is 0 Å². The molecule has 2 atom stereocenters. The third-order valence-electron chi connectivity index (χ3n) is 4.89. The summed E-state index contributed by atoms with van der Waals surface area (Å²) in [7, 11) is 0. The molecule has 0 saturated carbocycles. The molecular formula is C18H10Cl2N2. The fourth-order valence-corrected chi connectivity index (χ4v) is 4.75. The van der Waals surface area contributed by atoms with E-state index < -0.39 is 21.6 Å². The van der Waals surface area contributed by atoms with Crippen molar-refractivity contribution in [3.8, 4) is 12.1 Å². The van der Waals surface area contributed by atoms with Crippen molar-refractivity contribution in [2.45, 2.75) is 21.6 Å². The van der Waals surface area contributed by atoms with Crippen molar-refractivity contribution in [3.05, 3.63) is 70.8 Å². The van der Waals surface area contributed by atoms with Gasteiger partial charge in [-0.25, -0.2) is 0 Å². The second-order valence-corrected chi connectivity index (χ2v) is 6.96. The summed E-state index contributed by atoms with van der Waals surface area (Å²) >= 11 is 13.4. The Morgan fingerprint density at radius 1 is 0.682 bits per heavy atom. The molecule has 0 spiro atoms. The van der Waals surface area contributed by atoms with E-state index in [1.54, 1.807) is 0 Å².